The summed E-state index contributed by atoms with van der Waals surface area (Å²) in [5, 5.41) is 3.03. The largest absolute Gasteiger partial charge is 0.355 e. The Morgan fingerprint density at radius 3 is 2.56 bits per heavy atom. The summed E-state index contributed by atoms with van der Waals surface area (Å²) in [7, 11) is 0. The molecule has 3 N–H and O–H groups in total. The summed E-state index contributed by atoms with van der Waals surface area (Å²) in [4.78, 5) is 14.1. The van der Waals surface area contributed by atoms with Crippen molar-refractivity contribution in [1.29, 1.82) is 0 Å². The van der Waals surface area contributed by atoms with Crippen LogP contribution in [0, 0.1) is 0 Å². The Hall–Kier alpha value is -0.610. The van der Waals surface area contributed by atoms with Crippen LogP contribution in [0.1, 0.15) is 52.4 Å². The zero-order valence-electron chi connectivity index (χ0n) is 12.0. The van der Waals surface area contributed by atoms with Crippen LogP contribution in [0.15, 0.2) is 0 Å². The highest BCUT2D eigenvalue weighted by atomic mass is 16.1. The van der Waals surface area contributed by atoms with Gasteiger partial charge in [0.05, 0.1) is 0 Å². The smallest absolute Gasteiger partial charge is 0.220 e. The molecule has 18 heavy (non-hydrogen) atoms. The molecule has 1 rings (SSSR count). The summed E-state index contributed by atoms with van der Waals surface area (Å²) in [6.07, 6.45) is 6.37. The summed E-state index contributed by atoms with van der Waals surface area (Å²) < 4.78 is 0. The van der Waals surface area contributed by atoms with E-state index < -0.39 is 0 Å². The minimum atomic E-state index is 0.166. The van der Waals surface area contributed by atoms with Crippen molar-refractivity contribution in [2.24, 2.45) is 5.73 Å². The minimum Gasteiger partial charge on any atom is -0.355 e. The lowest BCUT2D eigenvalue weighted by atomic mass is 10.1. The number of nitrogens with two attached hydrogens (primary N) is 1. The van der Waals surface area contributed by atoms with Gasteiger partial charge in [0.2, 0.25) is 5.91 Å². The van der Waals surface area contributed by atoms with Gasteiger partial charge in [-0.15, -0.1) is 0 Å². The Kier molecular flexibility index (Phi) is 7.28. The molecule has 0 aromatic rings. The molecule has 1 saturated heterocycles. The van der Waals surface area contributed by atoms with Crippen LogP contribution < -0.4 is 11.1 Å². The molecule has 2 atom stereocenters. The van der Waals surface area contributed by atoms with Gasteiger partial charge in [-0.1, -0.05) is 6.42 Å². The Bertz CT molecular complexity index is 237. The van der Waals surface area contributed by atoms with Gasteiger partial charge in [-0.25, -0.2) is 0 Å². The number of piperidine rings is 1. The highest BCUT2D eigenvalue weighted by Crippen LogP contribution is 2.11. The summed E-state index contributed by atoms with van der Waals surface area (Å²) in [5.41, 5.74) is 5.66. The van der Waals surface area contributed by atoms with Gasteiger partial charge in [0.1, 0.15) is 0 Å². The molecule has 1 aliphatic heterocycles. The summed E-state index contributed by atoms with van der Waals surface area (Å²) in [5.74, 6) is 0.166. The molecular weight excluding hydrogens is 226 g/mol. The number of rotatable bonds is 7. The van der Waals surface area contributed by atoms with Crippen LogP contribution in [-0.4, -0.2) is 42.5 Å². The van der Waals surface area contributed by atoms with E-state index in [0.29, 0.717) is 12.5 Å². The molecule has 0 saturated carbocycles. The van der Waals surface area contributed by atoms with Crippen molar-refractivity contribution >= 4 is 5.91 Å². The van der Waals surface area contributed by atoms with E-state index in [0.717, 1.165) is 19.4 Å². The molecule has 0 bridgehead atoms. The lowest BCUT2D eigenvalue weighted by Crippen LogP contribution is -2.44. The topological polar surface area (TPSA) is 58.4 Å². The van der Waals surface area contributed by atoms with Gasteiger partial charge in [0.25, 0.3) is 0 Å². The molecule has 1 heterocycles. The van der Waals surface area contributed by atoms with Gasteiger partial charge in [0.15, 0.2) is 0 Å². The molecule has 4 nitrogen and oxygen atoms in total. The Labute approximate surface area is 111 Å². The molecular formula is C14H29N3O. The molecule has 106 valence electrons. The third kappa shape index (κ3) is 6.36. The molecule has 2 unspecified atom stereocenters. The van der Waals surface area contributed by atoms with Crippen molar-refractivity contribution in [3.8, 4) is 0 Å². The molecule has 0 aromatic carbocycles. The van der Waals surface area contributed by atoms with Crippen molar-refractivity contribution < 1.29 is 4.79 Å². The average Bonchev–Trinajstić information content (AvgIpc) is 2.36. The number of carbonyl (C=O) groups is 1. The number of nitrogens with one attached hydrogen (secondary N) is 1. The maximum absolute atomic E-state index is 11.6. The predicted octanol–water partition coefficient (Wildman–Crippen LogP) is 1.49. The van der Waals surface area contributed by atoms with E-state index in [1.807, 2.05) is 6.92 Å². The molecule has 1 fully saturated rings. The van der Waals surface area contributed by atoms with Crippen LogP contribution >= 0.6 is 0 Å². The van der Waals surface area contributed by atoms with Crippen LogP contribution in [0.25, 0.3) is 0 Å². The maximum atomic E-state index is 11.6. The first kappa shape index (κ1) is 15.4. The monoisotopic (exact) mass is 255 g/mol. The van der Waals surface area contributed by atoms with Gasteiger partial charge in [-0.05, 0) is 52.6 Å². The first-order chi connectivity index (χ1) is 8.59. The molecule has 1 amide bonds. The average molecular weight is 255 g/mol. The zero-order valence-corrected chi connectivity index (χ0v) is 12.0. The van der Waals surface area contributed by atoms with Crippen LogP contribution in [-0.2, 0) is 4.79 Å². The Morgan fingerprint density at radius 1 is 1.28 bits per heavy atom. The summed E-state index contributed by atoms with van der Waals surface area (Å²) in [6, 6.07) is 0.660. The van der Waals surface area contributed by atoms with E-state index in [1.54, 1.807) is 0 Å². The molecule has 4 heteroatoms. The predicted molar refractivity (Wildman–Crippen MR) is 75.4 cm³/mol. The summed E-state index contributed by atoms with van der Waals surface area (Å²) >= 11 is 0. The maximum Gasteiger partial charge on any atom is 0.220 e. The standard InChI is InChI=1S/C14H29N3O/c1-12(15)7-6-8-14(18)16-11-13(2)17-9-4-3-5-10-17/h12-13H,3-11,15H2,1-2H3,(H,16,18). The Morgan fingerprint density at radius 2 is 1.94 bits per heavy atom. The van der Waals surface area contributed by atoms with Crippen LogP contribution in [0.3, 0.4) is 0 Å². The van der Waals surface area contributed by atoms with Crippen molar-refractivity contribution in [3.05, 3.63) is 0 Å². The number of carbonyl (C=O) groups excluding carboxylic acids is 1. The second-order valence-electron chi connectivity index (χ2n) is 5.62. The number of nitrogens with zero attached hydrogens (tertiary/aromatic N) is 1. The third-order valence-corrected chi connectivity index (χ3v) is 3.67. The number of hydrogen-bond acceptors (Lipinski definition) is 3. The van der Waals surface area contributed by atoms with Gasteiger partial charge in [-0.3, -0.25) is 9.69 Å². The fourth-order valence-corrected chi connectivity index (χ4v) is 2.42. The van der Waals surface area contributed by atoms with E-state index in [4.69, 9.17) is 5.73 Å². The lowest BCUT2D eigenvalue weighted by molar-refractivity contribution is -0.121. The second kappa shape index (κ2) is 8.48. The third-order valence-electron chi connectivity index (χ3n) is 3.67. The van der Waals surface area contributed by atoms with Gasteiger partial charge in [-0.2, -0.15) is 0 Å². The van der Waals surface area contributed by atoms with E-state index in [1.165, 1.54) is 32.4 Å². The van der Waals surface area contributed by atoms with Crippen molar-refractivity contribution in [2.45, 2.75) is 64.5 Å². The fourth-order valence-electron chi connectivity index (χ4n) is 2.42. The molecule has 0 aromatic heterocycles. The second-order valence-corrected chi connectivity index (χ2v) is 5.62. The normalized spacial score (nSPS) is 20.4. The molecule has 0 spiro atoms. The first-order valence-electron chi connectivity index (χ1n) is 7.36. The highest BCUT2D eigenvalue weighted by molar-refractivity contribution is 5.75. The molecule has 0 aliphatic carbocycles. The number of hydrogen-bond donors (Lipinski definition) is 2. The van der Waals surface area contributed by atoms with E-state index in [9.17, 15) is 4.79 Å². The van der Waals surface area contributed by atoms with Crippen LogP contribution in [0.5, 0.6) is 0 Å². The molecule has 1 aliphatic rings. The van der Waals surface area contributed by atoms with Gasteiger partial charge < -0.3 is 11.1 Å². The minimum absolute atomic E-state index is 0.166. The summed E-state index contributed by atoms with van der Waals surface area (Å²) in [6.45, 7) is 7.32. The van der Waals surface area contributed by atoms with Crippen molar-refractivity contribution in [3.63, 3.8) is 0 Å². The highest BCUT2D eigenvalue weighted by Gasteiger charge is 2.16. The number of amides is 1. The van der Waals surface area contributed by atoms with Crippen molar-refractivity contribution in [2.75, 3.05) is 19.6 Å². The van der Waals surface area contributed by atoms with E-state index in [2.05, 4.69) is 17.1 Å². The quantitative estimate of drug-likeness (QED) is 0.725. The zero-order chi connectivity index (χ0) is 13.4. The lowest BCUT2D eigenvalue weighted by Gasteiger charge is -2.32. The van der Waals surface area contributed by atoms with Crippen molar-refractivity contribution in [1.82, 2.24) is 10.2 Å². The SMILES string of the molecule is CC(N)CCCC(=O)NCC(C)N1CCCCC1. The van der Waals surface area contributed by atoms with E-state index in [-0.39, 0.29) is 11.9 Å². The Balaban J connectivity index is 2.09. The number of likely N-dealkylation sites (tertiary alicyclic amines) is 1. The molecule has 0 radical (unpaired) electrons. The van der Waals surface area contributed by atoms with E-state index >= 15 is 0 Å². The van der Waals surface area contributed by atoms with Gasteiger partial charge in [0, 0.05) is 25.0 Å². The van der Waals surface area contributed by atoms with Crippen LogP contribution in [0.4, 0.5) is 0 Å². The van der Waals surface area contributed by atoms with Gasteiger partial charge >= 0.3 is 0 Å². The van der Waals surface area contributed by atoms with Crippen LogP contribution in [0.2, 0.25) is 0 Å². The fraction of sp³-hybridized carbons (Fsp3) is 0.929. The first-order valence-corrected chi connectivity index (χ1v) is 7.36.